The number of carbonyl (C=O) groups excluding carboxylic acids is 3. The Morgan fingerprint density at radius 2 is 1.56 bits per heavy atom. The summed E-state index contributed by atoms with van der Waals surface area (Å²) in [7, 11) is 0. The topological polar surface area (TPSA) is 148 Å². The minimum absolute atomic E-state index is 0.0145. The molecule has 4 aliphatic heterocycles. The van der Waals surface area contributed by atoms with Crippen LogP contribution in [0.25, 0.3) is 6.08 Å². The molecule has 1 unspecified atom stereocenters. The van der Waals surface area contributed by atoms with E-state index in [0.717, 1.165) is 54.4 Å². The van der Waals surface area contributed by atoms with E-state index in [1.807, 2.05) is 72.8 Å². The number of benzene rings is 4. The van der Waals surface area contributed by atoms with Gasteiger partial charge in [-0.2, -0.15) is 5.06 Å². The zero-order valence-electron chi connectivity index (χ0n) is 37.8. The first-order valence-electron chi connectivity index (χ1n) is 23.8. The van der Waals surface area contributed by atoms with E-state index in [9.17, 15) is 14.7 Å². The Labute approximate surface area is 385 Å². The van der Waals surface area contributed by atoms with E-state index in [1.165, 1.54) is 5.57 Å². The average molecular weight is 894 g/mol. The molecule has 66 heavy (non-hydrogen) atoms. The fourth-order valence-corrected chi connectivity index (χ4v) is 12.5. The van der Waals surface area contributed by atoms with Crippen molar-refractivity contribution in [2.24, 2.45) is 22.7 Å². The molecule has 0 radical (unpaired) electrons. The van der Waals surface area contributed by atoms with E-state index >= 15 is 4.79 Å². The smallest absolute Gasteiger partial charge is 0.327 e. The lowest BCUT2D eigenvalue weighted by atomic mass is 9.52. The fourth-order valence-electron chi connectivity index (χ4n) is 12.5. The normalized spacial score (nSPS) is 34.0. The number of nitrogens with zero attached hydrogens (tertiary/aromatic N) is 1. The van der Waals surface area contributed by atoms with Crippen LogP contribution in [-0.2, 0) is 52.3 Å². The van der Waals surface area contributed by atoms with Crippen LogP contribution in [0.3, 0.4) is 0 Å². The van der Waals surface area contributed by atoms with Gasteiger partial charge in [0.2, 0.25) is 11.7 Å². The maximum Gasteiger partial charge on any atom is 0.327 e. The van der Waals surface area contributed by atoms with Gasteiger partial charge in [0.05, 0.1) is 24.9 Å². The van der Waals surface area contributed by atoms with Crippen molar-refractivity contribution in [1.29, 1.82) is 0 Å². The van der Waals surface area contributed by atoms with Crippen LogP contribution in [0.15, 0.2) is 115 Å². The Bertz CT molecular complexity index is 2510. The number of hydroxylamine groups is 2. The van der Waals surface area contributed by atoms with Crippen molar-refractivity contribution >= 4 is 23.9 Å². The maximum atomic E-state index is 15.3. The minimum atomic E-state index is -1.43. The second kappa shape index (κ2) is 16.5. The summed E-state index contributed by atoms with van der Waals surface area (Å²) in [4.78, 5) is 49.9. The predicted octanol–water partition coefficient (Wildman–Crippen LogP) is 6.99. The number of fused-ring (bicyclic) bond motifs is 6. The van der Waals surface area contributed by atoms with Crippen LogP contribution in [0.4, 0.5) is 0 Å². The average Bonchev–Trinajstić information content (AvgIpc) is 3.59. The first-order chi connectivity index (χ1) is 31.9. The van der Waals surface area contributed by atoms with E-state index < -0.39 is 47.6 Å². The number of hydrogen-bond acceptors (Lipinski definition) is 10. The van der Waals surface area contributed by atoms with Crippen molar-refractivity contribution in [2.45, 2.75) is 120 Å². The summed E-state index contributed by atoms with van der Waals surface area (Å²) in [6, 6.07) is 33.6. The van der Waals surface area contributed by atoms with Crippen LogP contribution in [-0.4, -0.2) is 83.3 Å². The third kappa shape index (κ3) is 7.23. The molecule has 11 rings (SSSR count). The van der Waals surface area contributed by atoms with Gasteiger partial charge in [0, 0.05) is 36.2 Å². The van der Waals surface area contributed by atoms with Crippen molar-refractivity contribution in [3.8, 4) is 0 Å². The summed E-state index contributed by atoms with van der Waals surface area (Å²) in [6.07, 6.45) is 4.85. The molecule has 3 aliphatic carbocycles. The van der Waals surface area contributed by atoms with Gasteiger partial charge in [0.15, 0.2) is 6.04 Å². The van der Waals surface area contributed by atoms with Gasteiger partial charge in [0.1, 0.15) is 29.8 Å². The second-order valence-electron chi connectivity index (χ2n) is 20.4. The van der Waals surface area contributed by atoms with E-state index in [-0.39, 0.29) is 61.6 Å². The number of esters is 1. The van der Waals surface area contributed by atoms with Gasteiger partial charge in [-0.25, -0.2) is 0 Å². The highest BCUT2D eigenvalue weighted by molar-refractivity contribution is 5.95. The zero-order valence-corrected chi connectivity index (χ0v) is 37.8. The predicted molar refractivity (Wildman–Crippen MR) is 244 cm³/mol. The highest BCUT2D eigenvalue weighted by Crippen LogP contribution is 2.61. The van der Waals surface area contributed by atoms with Crippen molar-refractivity contribution in [2.75, 3.05) is 13.2 Å². The molecule has 4 heterocycles. The lowest BCUT2D eigenvalue weighted by Gasteiger charge is -2.53. The molecule has 4 saturated heterocycles. The molecule has 2 bridgehead atoms. The quantitative estimate of drug-likeness (QED) is 0.106. The number of nitrogens with one attached hydrogen (secondary N) is 2. The standard InChI is InChI=1S/C54H59N3O9/c1-51(2)29-40-35(21-22-43-52(3,63-43)24-23-41(40)51)28-34-14-10-11-15-37(34)32-57-46-49(60)62-42-30-53(46,50(61)56-31-33-13-12-16-36(27-33)48(59)55-25-26-58)47(66-57)45-44(42)64-54(65-45,38-17-6-4-7-18-38)39-19-8-5-9-20-39/h4-20,27-28,40-47,58H,21-26,29-32H2,1-3H3,(H,55,59)(H,56,61)/t40-,41-,42+,43?,44+,45+,46+,47-,52-,53+/m1/s1. The Kier molecular flexibility index (Phi) is 10.9. The fraction of sp³-hybridized carbons (Fsp3) is 0.463. The molecule has 7 fully saturated rings. The molecule has 10 atom stereocenters. The molecular weight excluding hydrogens is 835 g/mol. The molecule has 0 aromatic heterocycles. The van der Waals surface area contributed by atoms with Gasteiger partial charge in [-0.15, -0.1) is 0 Å². The zero-order chi connectivity index (χ0) is 45.4. The summed E-state index contributed by atoms with van der Waals surface area (Å²) in [6.45, 7) is 7.32. The number of ether oxygens (including phenoxy) is 4. The Balaban J connectivity index is 0.951. The number of aliphatic hydroxyl groups is 1. The first kappa shape index (κ1) is 43.4. The number of epoxide rings is 1. The summed E-state index contributed by atoms with van der Waals surface area (Å²) < 4.78 is 27.0. The third-order valence-electron chi connectivity index (χ3n) is 16.0. The first-order valence-corrected chi connectivity index (χ1v) is 23.8. The highest BCUT2D eigenvalue weighted by atomic mass is 16.8. The third-order valence-corrected chi connectivity index (χ3v) is 16.0. The summed E-state index contributed by atoms with van der Waals surface area (Å²) in [5, 5.41) is 16.8. The van der Waals surface area contributed by atoms with Gasteiger partial charge < -0.3 is 34.7 Å². The number of hydrogen-bond donors (Lipinski definition) is 3. The van der Waals surface area contributed by atoms with Crippen LogP contribution in [0, 0.1) is 22.7 Å². The van der Waals surface area contributed by atoms with Crippen molar-refractivity contribution < 1.29 is 43.3 Å². The molecule has 12 nitrogen and oxygen atoms in total. The molecule has 0 spiro atoms. The lowest BCUT2D eigenvalue weighted by Crippen LogP contribution is -2.69. The van der Waals surface area contributed by atoms with Gasteiger partial charge in [0.25, 0.3) is 5.91 Å². The maximum absolute atomic E-state index is 15.3. The van der Waals surface area contributed by atoms with Crippen molar-refractivity contribution in [3.63, 3.8) is 0 Å². The Morgan fingerprint density at radius 3 is 2.30 bits per heavy atom. The van der Waals surface area contributed by atoms with Gasteiger partial charge >= 0.3 is 5.97 Å². The van der Waals surface area contributed by atoms with E-state index in [1.54, 1.807) is 23.3 Å². The molecule has 4 aromatic rings. The van der Waals surface area contributed by atoms with Crippen LogP contribution in [0.2, 0.25) is 0 Å². The SMILES string of the molecule is CC1(C)C[C@@H]2C(=Cc3ccccc3CN3O[C@@H]4[C@H]5OC(c6ccccc6)(c6ccccc6)O[C@H]5[C@@H]5C[C@]4(C(=O)NCc4cccc(C(=O)NCCO)c4)[C@@H]3C(=O)O5)CCC3O[C@]3(C)CC[C@H]21. The van der Waals surface area contributed by atoms with Gasteiger partial charge in [-0.3, -0.25) is 19.2 Å². The summed E-state index contributed by atoms with van der Waals surface area (Å²) in [5.41, 5.74) is 4.92. The molecular formula is C54H59N3O9. The number of carbonyl (C=O) groups is 3. The van der Waals surface area contributed by atoms with Crippen molar-refractivity contribution in [1.82, 2.24) is 15.7 Å². The summed E-state index contributed by atoms with van der Waals surface area (Å²) >= 11 is 0. The highest BCUT2D eigenvalue weighted by Gasteiger charge is 2.76. The number of allylic oxidation sites excluding steroid dienone is 1. The van der Waals surface area contributed by atoms with Gasteiger partial charge in [-0.05, 0) is 85.1 Å². The van der Waals surface area contributed by atoms with Crippen LogP contribution in [0.5, 0.6) is 0 Å². The molecule has 3 saturated carbocycles. The summed E-state index contributed by atoms with van der Waals surface area (Å²) in [5.74, 6) is -1.55. The van der Waals surface area contributed by atoms with Crippen LogP contribution < -0.4 is 10.6 Å². The molecule has 3 N–H and O–H groups in total. The van der Waals surface area contributed by atoms with E-state index in [4.69, 9.17) is 23.8 Å². The molecule has 2 amide bonds. The lowest BCUT2D eigenvalue weighted by molar-refractivity contribution is -0.213. The Hall–Kier alpha value is -5.21. The molecule has 344 valence electrons. The second-order valence-corrected chi connectivity index (χ2v) is 20.4. The van der Waals surface area contributed by atoms with E-state index in [0.29, 0.717) is 23.0 Å². The monoisotopic (exact) mass is 893 g/mol. The molecule has 4 aromatic carbocycles. The molecule has 12 heteroatoms. The van der Waals surface area contributed by atoms with Gasteiger partial charge in [-0.1, -0.05) is 123 Å². The van der Waals surface area contributed by atoms with Crippen LogP contribution >= 0.6 is 0 Å². The van der Waals surface area contributed by atoms with E-state index in [2.05, 4.69) is 55.7 Å². The largest absolute Gasteiger partial charge is 0.458 e. The number of rotatable bonds is 11. The number of amides is 2. The minimum Gasteiger partial charge on any atom is -0.458 e. The Morgan fingerprint density at radius 1 is 0.833 bits per heavy atom. The van der Waals surface area contributed by atoms with Crippen LogP contribution in [0.1, 0.15) is 97.5 Å². The molecule has 7 aliphatic rings. The number of aliphatic hydroxyl groups excluding tert-OH is 1. The van der Waals surface area contributed by atoms with Crippen molar-refractivity contribution in [3.05, 3.63) is 148 Å².